The van der Waals surface area contributed by atoms with Crippen LogP contribution >= 0.6 is 0 Å². The molecule has 0 aliphatic rings. The Morgan fingerprint density at radius 1 is 0.667 bits per heavy atom. The van der Waals surface area contributed by atoms with Gasteiger partial charge in [-0.2, -0.15) is 0 Å². The van der Waals surface area contributed by atoms with Crippen molar-refractivity contribution in [3.8, 4) is 11.1 Å². The highest BCUT2D eigenvalue weighted by atomic mass is 16.1. The highest BCUT2D eigenvalue weighted by Gasteiger charge is 2.16. The molecule has 0 aliphatic heterocycles. The number of benzene rings is 3. The van der Waals surface area contributed by atoms with E-state index < -0.39 is 0 Å². The number of aromatic nitrogens is 1. The Morgan fingerprint density at radius 2 is 1.25 bits per heavy atom. The number of pyridine rings is 1. The van der Waals surface area contributed by atoms with Gasteiger partial charge in [0.15, 0.2) is 0 Å². The molecule has 0 spiro atoms. The number of hydrogen-bond acceptors (Lipinski definition) is 2. The van der Waals surface area contributed by atoms with Crippen molar-refractivity contribution in [2.75, 3.05) is 0 Å². The van der Waals surface area contributed by atoms with Crippen LogP contribution in [-0.4, -0.2) is 10.8 Å². The first kappa shape index (κ1) is 14.3. The number of carbonyl (C=O) groups is 1. The largest absolute Gasteiger partial charge is 0.287 e. The molecule has 0 unspecified atom stereocenters. The summed E-state index contributed by atoms with van der Waals surface area (Å²) in [6.07, 6.45) is 1.80. The van der Waals surface area contributed by atoms with Crippen LogP contribution in [0.15, 0.2) is 91.1 Å². The molecule has 0 saturated heterocycles. The zero-order chi connectivity index (χ0) is 16.4. The highest BCUT2D eigenvalue weighted by molar-refractivity contribution is 6.16. The summed E-state index contributed by atoms with van der Waals surface area (Å²) < 4.78 is 0. The Labute approximate surface area is 140 Å². The number of hydrogen-bond donors (Lipinski definition) is 0. The summed E-state index contributed by atoms with van der Waals surface area (Å²) in [7, 11) is 0. The fourth-order valence-electron chi connectivity index (χ4n) is 2.95. The molecule has 114 valence electrons. The van der Waals surface area contributed by atoms with E-state index in [2.05, 4.69) is 17.1 Å². The Kier molecular flexibility index (Phi) is 3.64. The molecule has 2 nitrogen and oxygen atoms in total. The van der Waals surface area contributed by atoms with Crippen LogP contribution in [0.2, 0.25) is 0 Å². The van der Waals surface area contributed by atoms with Gasteiger partial charge in [0.25, 0.3) is 0 Å². The van der Waals surface area contributed by atoms with Gasteiger partial charge in [-0.1, -0.05) is 84.9 Å². The topological polar surface area (TPSA) is 30.0 Å². The monoisotopic (exact) mass is 309 g/mol. The van der Waals surface area contributed by atoms with Gasteiger partial charge in [0.2, 0.25) is 5.78 Å². The predicted molar refractivity (Wildman–Crippen MR) is 97.1 cm³/mol. The second-order valence-electron chi connectivity index (χ2n) is 5.63. The molecule has 0 bridgehead atoms. The number of ketones is 1. The lowest BCUT2D eigenvalue weighted by Gasteiger charge is -2.10. The first-order valence-electron chi connectivity index (χ1n) is 7.87. The van der Waals surface area contributed by atoms with Gasteiger partial charge in [-0.25, -0.2) is 0 Å². The lowest BCUT2D eigenvalue weighted by atomic mass is 9.96. The molecule has 3 aromatic carbocycles. The lowest BCUT2D eigenvalue weighted by molar-refractivity contribution is 0.103. The minimum Gasteiger partial charge on any atom is -0.287 e. The zero-order valence-electron chi connectivity index (χ0n) is 13.0. The third-order valence-electron chi connectivity index (χ3n) is 4.13. The van der Waals surface area contributed by atoms with Gasteiger partial charge in [-0.3, -0.25) is 9.78 Å². The van der Waals surface area contributed by atoms with Crippen LogP contribution in [0.3, 0.4) is 0 Å². The van der Waals surface area contributed by atoms with E-state index in [1.165, 1.54) is 0 Å². The second kappa shape index (κ2) is 6.09. The maximum Gasteiger partial charge on any atom is 0.211 e. The fraction of sp³-hybridized carbons (Fsp3) is 0. The Hall–Kier alpha value is -3.26. The maximum atomic E-state index is 12.8. The molecular weight excluding hydrogens is 294 g/mol. The number of rotatable bonds is 3. The van der Waals surface area contributed by atoms with Crippen LogP contribution in [0, 0.1) is 0 Å². The number of fused-ring (bicyclic) bond motifs is 1. The molecule has 0 saturated carbocycles. The molecule has 0 atom stereocenters. The molecule has 0 radical (unpaired) electrons. The van der Waals surface area contributed by atoms with Crippen molar-refractivity contribution in [2.45, 2.75) is 0 Å². The molecule has 0 fully saturated rings. The van der Waals surface area contributed by atoms with E-state index >= 15 is 0 Å². The first-order valence-corrected chi connectivity index (χ1v) is 7.87. The van der Waals surface area contributed by atoms with Gasteiger partial charge < -0.3 is 0 Å². The van der Waals surface area contributed by atoms with Gasteiger partial charge >= 0.3 is 0 Å². The van der Waals surface area contributed by atoms with Crippen LogP contribution in [0.5, 0.6) is 0 Å². The lowest BCUT2D eigenvalue weighted by Crippen LogP contribution is -2.05. The molecule has 24 heavy (non-hydrogen) atoms. The third-order valence-corrected chi connectivity index (χ3v) is 4.13. The molecule has 1 heterocycles. The summed E-state index contributed by atoms with van der Waals surface area (Å²) in [5.74, 6) is -0.0496. The molecule has 0 N–H and O–H groups in total. The van der Waals surface area contributed by atoms with Crippen molar-refractivity contribution >= 4 is 16.6 Å². The molecule has 4 rings (SSSR count). The molecular formula is C22H15NO. The molecule has 4 aromatic rings. The number of nitrogens with zero attached hydrogens (tertiary/aromatic N) is 1. The van der Waals surface area contributed by atoms with Crippen molar-refractivity contribution in [1.82, 2.24) is 4.98 Å². The number of carbonyl (C=O) groups excluding carboxylic acids is 1. The summed E-state index contributed by atoms with van der Waals surface area (Å²) in [6.45, 7) is 0. The quantitative estimate of drug-likeness (QED) is 0.491. The summed E-state index contributed by atoms with van der Waals surface area (Å²) in [5, 5.41) is 1.92. The van der Waals surface area contributed by atoms with Crippen molar-refractivity contribution in [3.63, 3.8) is 0 Å². The van der Waals surface area contributed by atoms with E-state index in [0.717, 1.165) is 21.9 Å². The van der Waals surface area contributed by atoms with Crippen LogP contribution in [-0.2, 0) is 0 Å². The summed E-state index contributed by atoms with van der Waals surface area (Å²) in [4.78, 5) is 17.4. The van der Waals surface area contributed by atoms with Crippen molar-refractivity contribution in [2.24, 2.45) is 0 Å². The average molecular weight is 309 g/mol. The van der Waals surface area contributed by atoms with Gasteiger partial charge in [0, 0.05) is 22.7 Å². The molecule has 2 heteroatoms. The van der Waals surface area contributed by atoms with Crippen molar-refractivity contribution in [1.29, 1.82) is 0 Å². The van der Waals surface area contributed by atoms with Crippen LogP contribution in [0.25, 0.3) is 21.9 Å². The van der Waals surface area contributed by atoms with Crippen LogP contribution in [0.1, 0.15) is 16.1 Å². The van der Waals surface area contributed by atoms with Gasteiger partial charge in [0.1, 0.15) is 5.69 Å². The van der Waals surface area contributed by atoms with Crippen LogP contribution in [0.4, 0.5) is 0 Å². The summed E-state index contributed by atoms with van der Waals surface area (Å²) >= 11 is 0. The van der Waals surface area contributed by atoms with E-state index in [1.54, 1.807) is 6.20 Å². The maximum absolute atomic E-state index is 12.8. The summed E-state index contributed by atoms with van der Waals surface area (Å²) in [5.41, 5.74) is 3.29. The molecule has 1 aromatic heterocycles. The van der Waals surface area contributed by atoms with Gasteiger partial charge in [-0.15, -0.1) is 0 Å². The van der Waals surface area contributed by atoms with E-state index in [-0.39, 0.29) is 5.78 Å². The predicted octanol–water partition coefficient (Wildman–Crippen LogP) is 5.13. The SMILES string of the molecule is O=C(c1ccccc1)c1ncc(-c2ccccc2)c2ccccc12. The first-order chi connectivity index (χ1) is 11.8. The van der Waals surface area contributed by atoms with E-state index in [0.29, 0.717) is 11.3 Å². The zero-order valence-corrected chi connectivity index (χ0v) is 13.0. The minimum atomic E-state index is -0.0496. The standard InChI is InChI=1S/C22H15NO/c24-22(17-11-5-2-6-12-17)21-19-14-8-7-13-18(19)20(15-23-21)16-9-3-1-4-10-16/h1-15H. The van der Waals surface area contributed by atoms with E-state index in [1.807, 2.05) is 72.8 Å². The highest BCUT2D eigenvalue weighted by Crippen LogP contribution is 2.30. The molecule has 0 aliphatic carbocycles. The smallest absolute Gasteiger partial charge is 0.211 e. The normalized spacial score (nSPS) is 10.7. The van der Waals surface area contributed by atoms with Crippen molar-refractivity contribution in [3.05, 3.63) is 102 Å². The minimum absolute atomic E-state index is 0.0496. The molecule has 0 amide bonds. The Balaban J connectivity index is 1.93. The summed E-state index contributed by atoms with van der Waals surface area (Å²) in [6, 6.07) is 27.4. The van der Waals surface area contributed by atoms with Gasteiger partial charge in [0.05, 0.1) is 0 Å². The van der Waals surface area contributed by atoms with E-state index in [4.69, 9.17) is 0 Å². The van der Waals surface area contributed by atoms with E-state index in [9.17, 15) is 4.79 Å². The Morgan fingerprint density at radius 3 is 1.96 bits per heavy atom. The van der Waals surface area contributed by atoms with Gasteiger partial charge in [-0.05, 0) is 10.9 Å². The fourth-order valence-corrected chi connectivity index (χ4v) is 2.95. The average Bonchev–Trinajstić information content (AvgIpc) is 2.68. The van der Waals surface area contributed by atoms with Crippen LogP contribution < -0.4 is 0 Å². The third kappa shape index (κ3) is 2.48. The van der Waals surface area contributed by atoms with Crippen molar-refractivity contribution < 1.29 is 4.79 Å². The Bertz CT molecular complexity index is 1010. The second-order valence-corrected chi connectivity index (χ2v) is 5.63.